The van der Waals surface area contributed by atoms with Gasteiger partial charge in [0.25, 0.3) is 10.0 Å². The lowest BCUT2D eigenvalue weighted by molar-refractivity contribution is 0.0696. The predicted molar refractivity (Wildman–Crippen MR) is 58.1 cm³/mol. The number of aliphatic hydroxyl groups excluding tert-OH is 1. The van der Waals surface area contributed by atoms with Gasteiger partial charge in [-0.15, -0.1) is 0 Å². The van der Waals surface area contributed by atoms with Crippen molar-refractivity contribution >= 4 is 16.0 Å². The number of carboxylic acid groups (broad SMARTS) is 1. The molecular formula is C9H12N2O5S. The second-order valence-corrected chi connectivity index (χ2v) is 5.06. The highest BCUT2D eigenvalue weighted by atomic mass is 32.2. The Morgan fingerprint density at radius 2 is 2.18 bits per heavy atom. The van der Waals surface area contributed by atoms with Crippen LogP contribution in [0.25, 0.3) is 0 Å². The van der Waals surface area contributed by atoms with Crippen molar-refractivity contribution in [2.45, 2.75) is 18.0 Å². The van der Waals surface area contributed by atoms with Crippen LogP contribution in [-0.2, 0) is 10.0 Å². The van der Waals surface area contributed by atoms with E-state index in [1.54, 1.807) is 0 Å². The van der Waals surface area contributed by atoms with E-state index in [9.17, 15) is 13.2 Å². The molecule has 0 aromatic carbocycles. The average Bonchev–Trinajstić information content (AvgIpc) is 2.28. The number of hydrogen-bond acceptors (Lipinski definition) is 5. The van der Waals surface area contributed by atoms with Crippen molar-refractivity contribution in [2.24, 2.45) is 0 Å². The minimum Gasteiger partial charge on any atom is -0.478 e. The number of aliphatic hydroxyl groups is 1. The first-order chi connectivity index (χ1) is 7.86. The summed E-state index contributed by atoms with van der Waals surface area (Å²) in [6.07, 6.45) is 0.959. The van der Waals surface area contributed by atoms with Crippen LogP contribution in [0.4, 0.5) is 0 Å². The third-order valence-corrected chi connectivity index (χ3v) is 3.39. The van der Waals surface area contributed by atoms with Gasteiger partial charge < -0.3 is 10.2 Å². The summed E-state index contributed by atoms with van der Waals surface area (Å²) in [5.41, 5.74) is -0.0980. The van der Waals surface area contributed by atoms with Crippen molar-refractivity contribution in [3.05, 3.63) is 23.9 Å². The van der Waals surface area contributed by atoms with Gasteiger partial charge in [-0.1, -0.05) is 0 Å². The summed E-state index contributed by atoms with van der Waals surface area (Å²) in [6.45, 7) is 1.15. The molecule has 1 rings (SSSR count). The first-order valence-electron chi connectivity index (χ1n) is 4.69. The second kappa shape index (κ2) is 5.21. The molecule has 0 fully saturated rings. The summed E-state index contributed by atoms with van der Waals surface area (Å²) in [5, 5.41) is 17.1. The molecule has 0 bridgehead atoms. The molecule has 1 atom stereocenters. The number of hydrogen-bond donors (Lipinski definition) is 3. The highest BCUT2D eigenvalue weighted by Crippen LogP contribution is 2.07. The lowest BCUT2D eigenvalue weighted by Crippen LogP contribution is -2.35. The maximum Gasteiger partial charge on any atom is 0.337 e. The molecule has 3 N–H and O–H groups in total. The van der Waals surface area contributed by atoms with Crippen LogP contribution in [0.15, 0.2) is 23.4 Å². The van der Waals surface area contributed by atoms with Crippen LogP contribution in [0.2, 0.25) is 0 Å². The third kappa shape index (κ3) is 3.48. The van der Waals surface area contributed by atoms with E-state index in [0.717, 1.165) is 18.3 Å². The van der Waals surface area contributed by atoms with E-state index in [-0.39, 0.29) is 17.2 Å². The van der Waals surface area contributed by atoms with Crippen molar-refractivity contribution in [3.63, 3.8) is 0 Å². The smallest absolute Gasteiger partial charge is 0.337 e. The van der Waals surface area contributed by atoms with Gasteiger partial charge >= 0.3 is 5.97 Å². The van der Waals surface area contributed by atoms with Gasteiger partial charge in [-0.05, 0) is 19.1 Å². The fraction of sp³-hybridized carbons (Fsp3) is 0.333. The van der Waals surface area contributed by atoms with Crippen LogP contribution in [-0.4, -0.2) is 42.2 Å². The maximum atomic E-state index is 11.7. The molecule has 0 spiro atoms. The number of nitrogens with zero attached hydrogens (tertiary/aromatic N) is 1. The van der Waals surface area contributed by atoms with Gasteiger partial charge in [0.05, 0.1) is 12.2 Å². The largest absolute Gasteiger partial charge is 0.478 e. The highest BCUT2D eigenvalue weighted by molar-refractivity contribution is 7.89. The summed E-state index contributed by atoms with van der Waals surface area (Å²) < 4.78 is 25.5. The molecule has 0 aliphatic rings. The van der Waals surface area contributed by atoms with Crippen LogP contribution in [0.5, 0.6) is 0 Å². The molecule has 0 aliphatic carbocycles. The zero-order chi connectivity index (χ0) is 13.1. The molecule has 0 amide bonds. The predicted octanol–water partition coefficient (Wildman–Crippen LogP) is -0.561. The first-order valence-corrected chi connectivity index (χ1v) is 6.17. The van der Waals surface area contributed by atoms with Crippen molar-refractivity contribution < 1.29 is 23.4 Å². The first kappa shape index (κ1) is 13.6. The Morgan fingerprint density at radius 3 is 2.59 bits per heavy atom. The SMILES string of the molecule is C[C@@H](CO)NS(=O)(=O)c1ccc(C(=O)O)cn1. The summed E-state index contributed by atoms with van der Waals surface area (Å²) >= 11 is 0. The molecular weight excluding hydrogens is 248 g/mol. The van der Waals surface area contributed by atoms with Gasteiger partial charge in [0.1, 0.15) is 0 Å². The number of rotatable bonds is 5. The van der Waals surface area contributed by atoms with Crippen LogP contribution < -0.4 is 4.72 Å². The molecule has 0 aliphatic heterocycles. The molecule has 1 aromatic rings. The lowest BCUT2D eigenvalue weighted by Gasteiger charge is -2.10. The fourth-order valence-electron chi connectivity index (χ4n) is 1.03. The Hall–Kier alpha value is -1.51. The minimum absolute atomic E-state index is 0.0980. The number of sulfonamides is 1. The summed E-state index contributed by atoms with van der Waals surface area (Å²) in [7, 11) is -3.83. The Balaban J connectivity index is 2.96. The third-order valence-electron chi connectivity index (χ3n) is 1.89. The molecule has 0 saturated carbocycles. The molecule has 17 heavy (non-hydrogen) atoms. The van der Waals surface area contributed by atoms with E-state index in [1.165, 1.54) is 6.92 Å². The van der Waals surface area contributed by atoms with Crippen molar-refractivity contribution in [3.8, 4) is 0 Å². The van der Waals surface area contributed by atoms with Gasteiger partial charge in [0, 0.05) is 12.2 Å². The quantitative estimate of drug-likeness (QED) is 0.653. The number of pyridine rings is 1. The number of aromatic nitrogens is 1. The zero-order valence-electron chi connectivity index (χ0n) is 8.99. The van der Waals surface area contributed by atoms with Gasteiger partial charge in [-0.3, -0.25) is 0 Å². The molecule has 94 valence electrons. The topological polar surface area (TPSA) is 117 Å². The van der Waals surface area contributed by atoms with Gasteiger partial charge in [-0.2, -0.15) is 0 Å². The van der Waals surface area contributed by atoms with Crippen LogP contribution in [0.1, 0.15) is 17.3 Å². The molecule has 1 aromatic heterocycles. The van der Waals surface area contributed by atoms with Crippen molar-refractivity contribution in [2.75, 3.05) is 6.61 Å². The fourth-order valence-corrected chi connectivity index (χ4v) is 2.19. The van der Waals surface area contributed by atoms with Crippen LogP contribution in [0, 0.1) is 0 Å². The number of carboxylic acids is 1. The van der Waals surface area contributed by atoms with E-state index in [4.69, 9.17) is 10.2 Å². The highest BCUT2D eigenvalue weighted by Gasteiger charge is 2.18. The Bertz CT molecular complexity index is 497. The van der Waals surface area contributed by atoms with E-state index in [1.807, 2.05) is 0 Å². The summed E-state index contributed by atoms with van der Waals surface area (Å²) in [5.74, 6) is -1.18. The molecule has 0 radical (unpaired) electrons. The van der Waals surface area contributed by atoms with Crippen molar-refractivity contribution in [1.29, 1.82) is 0 Å². The minimum atomic E-state index is -3.83. The van der Waals surface area contributed by atoms with E-state index < -0.39 is 22.0 Å². The molecule has 0 unspecified atom stereocenters. The average molecular weight is 260 g/mol. The normalized spacial score (nSPS) is 13.3. The van der Waals surface area contributed by atoms with E-state index in [0.29, 0.717) is 0 Å². The Kier molecular flexibility index (Phi) is 4.16. The van der Waals surface area contributed by atoms with Gasteiger partial charge in [-0.25, -0.2) is 22.9 Å². The zero-order valence-corrected chi connectivity index (χ0v) is 9.81. The monoisotopic (exact) mass is 260 g/mol. The standard InChI is InChI=1S/C9H12N2O5S/c1-6(5-12)11-17(15,16)8-3-2-7(4-10-8)9(13)14/h2-4,6,11-12H,5H2,1H3,(H,13,14)/t6-/m0/s1. The Labute approximate surface area is 98.2 Å². The van der Waals surface area contributed by atoms with Gasteiger partial charge in [0.15, 0.2) is 5.03 Å². The summed E-state index contributed by atoms with van der Waals surface area (Å²) in [4.78, 5) is 14.1. The summed E-state index contributed by atoms with van der Waals surface area (Å²) in [6, 6.07) is 1.60. The molecule has 0 saturated heterocycles. The van der Waals surface area contributed by atoms with Crippen LogP contribution >= 0.6 is 0 Å². The molecule has 7 nitrogen and oxygen atoms in total. The number of aromatic carboxylic acids is 1. The van der Waals surface area contributed by atoms with E-state index >= 15 is 0 Å². The van der Waals surface area contributed by atoms with Crippen LogP contribution in [0.3, 0.4) is 0 Å². The van der Waals surface area contributed by atoms with Crippen molar-refractivity contribution in [1.82, 2.24) is 9.71 Å². The second-order valence-electron chi connectivity index (χ2n) is 3.40. The van der Waals surface area contributed by atoms with Gasteiger partial charge in [0.2, 0.25) is 0 Å². The Morgan fingerprint density at radius 1 is 1.53 bits per heavy atom. The maximum absolute atomic E-state index is 11.7. The lowest BCUT2D eigenvalue weighted by atomic mass is 10.3. The number of carbonyl (C=O) groups is 1. The number of nitrogens with one attached hydrogen (secondary N) is 1. The van der Waals surface area contributed by atoms with E-state index in [2.05, 4.69) is 9.71 Å². The molecule has 1 heterocycles. The molecule has 8 heteroatoms.